The summed E-state index contributed by atoms with van der Waals surface area (Å²) in [6.07, 6.45) is 3.79. The Morgan fingerprint density at radius 3 is 2.45 bits per heavy atom. The Labute approximate surface area is 133 Å². The number of ether oxygens (including phenoxy) is 2. The van der Waals surface area contributed by atoms with Crippen LogP contribution in [-0.4, -0.2) is 37.6 Å². The second kappa shape index (κ2) is 7.52. The molecule has 4 heteroatoms. The molecule has 0 N–H and O–H groups in total. The van der Waals surface area contributed by atoms with Crippen molar-refractivity contribution >= 4 is 5.91 Å². The lowest BCUT2D eigenvalue weighted by Gasteiger charge is -2.23. The Bertz CT molecular complexity index is 509. The molecule has 4 nitrogen and oxygen atoms in total. The zero-order valence-electron chi connectivity index (χ0n) is 14.1. The topological polar surface area (TPSA) is 38.8 Å². The van der Waals surface area contributed by atoms with E-state index >= 15 is 0 Å². The van der Waals surface area contributed by atoms with Gasteiger partial charge >= 0.3 is 0 Å². The Morgan fingerprint density at radius 2 is 1.91 bits per heavy atom. The van der Waals surface area contributed by atoms with E-state index in [0.717, 1.165) is 31.4 Å². The number of benzene rings is 1. The first-order chi connectivity index (χ1) is 10.5. The SMILES string of the molecule is COc1ccc(CC(=O)N(CCC(C)C)C2CC2)cc1OC. The first-order valence-corrected chi connectivity index (χ1v) is 8.05. The third kappa shape index (κ3) is 4.39. The van der Waals surface area contributed by atoms with Crippen LogP contribution in [0.1, 0.15) is 38.7 Å². The van der Waals surface area contributed by atoms with Crippen LogP contribution in [0, 0.1) is 5.92 Å². The monoisotopic (exact) mass is 305 g/mol. The van der Waals surface area contributed by atoms with Crippen LogP contribution >= 0.6 is 0 Å². The smallest absolute Gasteiger partial charge is 0.227 e. The molecule has 0 radical (unpaired) electrons. The summed E-state index contributed by atoms with van der Waals surface area (Å²) in [5.41, 5.74) is 0.970. The van der Waals surface area contributed by atoms with Gasteiger partial charge in [-0.15, -0.1) is 0 Å². The molecule has 22 heavy (non-hydrogen) atoms. The zero-order chi connectivity index (χ0) is 16.1. The summed E-state index contributed by atoms with van der Waals surface area (Å²) in [6, 6.07) is 6.15. The fourth-order valence-electron chi connectivity index (χ4n) is 2.56. The van der Waals surface area contributed by atoms with Crippen LogP contribution in [-0.2, 0) is 11.2 Å². The molecule has 0 aliphatic heterocycles. The van der Waals surface area contributed by atoms with Crippen molar-refractivity contribution in [1.29, 1.82) is 0 Å². The van der Waals surface area contributed by atoms with Gasteiger partial charge in [0.1, 0.15) is 0 Å². The van der Waals surface area contributed by atoms with Crippen molar-refractivity contribution in [2.45, 2.75) is 45.6 Å². The van der Waals surface area contributed by atoms with E-state index in [1.807, 2.05) is 18.2 Å². The highest BCUT2D eigenvalue weighted by molar-refractivity contribution is 5.79. The highest BCUT2D eigenvalue weighted by Crippen LogP contribution is 2.30. The van der Waals surface area contributed by atoms with Gasteiger partial charge in [-0.1, -0.05) is 19.9 Å². The lowest BCUT2D eigenvalue weighted by molar-refractivity contribution is -0.131. The van der Waals surface area contributed by atoms with Crippen LogP contribution in [0.5, 0.6) is 11.5 Å². The van der Waals surface area contributed by atoms with Gasteiger partial charge in [-0.3, -0.25) is 4.79 Å². The molecule has 0 unspecified atom stereocenters. The van der Waals surface area contributed by atoms with E-state index in [4.69, 9.17) is 9.47 Å². The minimum absolute atomic E-state index is 0.218. The second-order valence-corrected chi connectivity index (χ2v) is 6.37. The van der Waals surface area contributed by atoms with E-state index in [9.17, 15) is 4.79 Å². The molecule has 1 aliphatic rings. The summed E-state index contributed by atoms with van der Waals surface area (Å²) in [5, 5.41) is 0. The van der Waals surface area contributed by atoms with Crippen molar-refractivity contribution in [1.82, 2.24) is 4.90 Å². The molecule has 1 amide bonds. The fraction of sp³-hybridized carbons (Fsp3) is 0.611. The highest BCUT2D eigenvalue weighted by atomic mass is 16.5. The predicted octanol–water partition coefficient (Wildman–Crippen LogP) is 3.28. The minimum Gasteiger partial charge on any atom is -0.493 e. The average molecular weight is 305 g/mol. The van der Waals surface area contributed by atoms with Gasteiger partial charge in [0, 0.05) is 12.6 Å². The summed E-state index contributed by atoms with van der Waals surface area (Å²) < 4.78 is 10.5. The van der Waals surface area contributed by atoms with E-state index in [0.29, 0.717) is 29.9 Å². The molecule has 0 heterocycles. The maximum atomic E-state index is 12.6. The first kappa shape index (κ1) is 16.7. The van der Waals surface area contributed by atoms with Gasteiger partial charge in [-0.2, -0.15) is 0 Å². The van der Waals surface area contributed by atoms with Crippen molar-refractivity contribution in [3.63, 3.8) is 0 Å². The van der Waals surface area contributed by atoms with Crippen molar-refractivity contribution < 1.29 is 14.3 Å². The van der Waals surface area contributed by atoms with Crippen LogP contribution in [0.15, 0.2) is 18.2 Å². The quantitative estimate of drug-likeness (QED) is 0.740. The Kier molecular flexibility index (Phi) is 5.69. The van der Waals surface area contributed by atoms with Gasteiger partial charge in [-0.05, 0) is 42.9 Å². The summed E-state index contributed by atoms with van der Waals surface area (Å²) in [4.78, 5) is 14.7. The van der Waals surface area contributed by atoms with Gasteiger partial charge < -0.3 is 14.4 Å². The van der Waals surface area contributed by atoms with Crippen LogP contribution in [0.25, 0.3) is 0 Å². The molecular weight excluding hydrogens is 278 g/mol. The van der Waals surface area contributed by atoms with E-state index < -0.39 is 0 Å². The maximum Gasteiger partial charge on any atom is 0.227 e. The molecule has 1 aliphatic carbocycles. The van der Waals surface area contributed by atoms with Crippen molar-refractivity contribution in [3.8, 4) is 11.5 Å². The number of carbonyl (C=O) groups excluding carboxylic acids is 1. The summed E-state index contributed by atoms with van der Waals surface area (Å²) in [5.74, 6) is 2.20. The predicted molar refractivity (Wildman–Crippen MR) is 87.4 cm³/mol. The highest BCUT2D eigenvalue weighted by Gasteiger charge is 2.32. The molecule has 1 saturated carbocycles. The standard InChI is InChI=1S/C18H27NO3/c1-13(2)9-10-19(15-6-7-15)18(20)12-14-5-8-16(21-3)17(11-14)22-4/h5,8,11,13,15H,6-7,9-10,12H2,1-4H3. The van der Waals surface area contributed by atoms with Gasteiger partial charge in [0.05, 0.1) is 20.6 Å². The van der Waals surface area contributed by atoms with Crippen LogP contribution < -0.4 is 9.47 Å². The molecule has 0 spiro atoms. The first-order valence-electron chi connectivity index (χ1n) is 8.05. The Morgan fingerprint density at radius 1 is 1.23 bits per heavy atom. The number of carbonyl (C=O) groups is 1. The molecule has 122 valence electrons. The van der Waals surface area contributed by atoms with Crippen molar-refractivity contribution in [3.05, 3.63) is 23.8 Å². The summed E-state index contributed by atoms with van der Waals surface area (Å²) in [6.45, 7) is 5.27. The molecule has 0 aromatic heterocycles. The fourth-order valence-corrected chi connectivity index (χ4v) is 2.56. The molecule has 0 atom stereocenters. The average Bonchev–Trinajstić information content (AvgIpc) is 3.31. The number of nitrogens with zero attached hydrogens (tertiary/aromatic N) is 1. The Balaban J connectivity index is 2.02. The number of methoxy groups -OCH3 is 2. The number of hydrogen-bond acceptors (Lipinski definition) is 3. The molecule has 2 rings (SSSR count). The van der Waals surface area contributed by atoms with Gasteiger partial charge in [0.25, 0.3) is 0 Å². The van der Waals surface area contributed by atoms with E-state index in [1.165, 1.54) is 0 Å². The van der Waals surface area contributed by atoms with Crippen molar-refractivity contribution in [2.24, 2.45) is 5.92 Å². The lowest BCUT2D eigenvalue weighted by atomic mass is 10.1. The number of rotatable bonds is 8. The minimum atomic E-state index is 0.218. The van der Waals surface area contributed by atoms with Gasteiger partial charge in [-0.25, -0.2) is 0 Å². The molecule has 1 aromatic carbocycles. The molecule has 1 fully saturated rings. The van der Waals surface area contributed by atoms with Crippen LogP contribution in [0.3, 0.4) is 0 Å². The van der Waals surface area contributed by atoms with Crippen molar-refractivity contribution in [2.75, 3.05) is 20.8 Å². The van der Waals surface area contributed by atoms with Gasteiger partial charge in [0.15, 0.2) is 11.5 Å². The number of amides is 1. The third-order valence-corrected chi connectivity index (χ3v) is 4.06. The van der Waals surface area contributed by atoms with Crippen LogP contribution in [0.2, 0.25) is 0 Å². The second-order valence-electron chi connectivity index (χ2n) is 6.37. The van der Waals surface area contributed by atoms with Gasteiger partial charge in [0.2, 0.25) is 5.91 Å². The van der Waals surface area contributed by atoms with E-state index in [-0.39, 0.29) is 5.91 Å². The third-order valence-electron chi connectivity index (χ3n) is 4.06. The lowest BCUT2D eigenvalue weighted by Crippen LogP contribution is -2.35. The van der Waals surface area contributed by atoms with E-state index in [1.54, 1.807) is 14.2 Å². The molecule has 1 aromatic rings. The normalized spacial score (nSPS) is 14.0. The zero-order valence-corrected chi connectivity index (χ0v) is 14.1. The Hall–Kier alpha value is -1.71. The molecule has 0 saturated heterocycles. The number of hydrogen-bond donors (Lipinski definition) is 0. The summed E-state index contributed by atoms with van der Waals surface area (Å²) >= 11 is 0. The van der Waals surface area contributed by atoms with E-state index in [2.05, 4.69) is 18.7 Å². The maximum absolute atomic E-state index is 12.6. The summed E-state index contributed by atoms with van der Waals surface area (Å²) in [7, 11) is 3.23. The molecular formula is C18H27NO3. The van der Waals surface area contributed by atoms with Crippen LogP contribution in [0.4, 0.5) is 0 Å². The molecule has 0 bridgehead atoms. The largest absolute Gasteiger partial charge is 0.493 e.